The van der Waals surface area contributed by atoms with Gasteiger partial charge in [-0.15, -0.1) is 0 Å². The molecule has 1 aliphatic heterocycles. The molecule has 1 aliphatic rings. The van der Waals surface area contributed by atoms with Crippen LogP contribution in [0, 0.1) is 11.3 Å². The molecule has 1 saturated heterocycles. The van der Waals surface area contributed by atoms with Crippen molar-refractivity contribution in [2.24, 2.45) is 0 Å². The summed E-state index contributed by atoms with van der Waals surface area (Å²) in [6.45, 7) is 2.12. The van der Waals surface area contributed by atoms with Gasteiger partial charge in [0.1, 0.15) is 0 Å². The number of nitrogens with zero attached hydrogens (tertiary/aromatic N) is 2. The Kier molecular flexibility index (Phi) is 2.84. The van der Waals surface area contributed by atoms with Crippen LogP contribution < -0.4 is 0 Å². The Morgan fingerprint density at radius 1 is 1.50 bits per heavy atom. The van der Waals surface area contributed by atoms with E-state index >= 15 is 0 Å². The first-order valence-electron chi connectivity index (χ1n) is 3.27. The maximum absolute atomic E-state index is 10.8. The number of hydrogen-bond acceptors (Lipinski definition) is 3. The van der Waals surface area contributed by atoms with Crippen molar-refractivity contribution in [1.82, 2.24) is 4.90 Å². The van der Waals surface area contributed by atoms with Crippen molar-refractivity contribution in [3.05, 3.63) is 0 Å². The van der Waals surface area contributed by atoms with Gasteiger partial charge in [-0.05, 0) is 0 Å². The first-order valence-corrected chi connectivity index (χ1v) is 4.76. The molecule has 0 amide bonds. The van der Waals surface area contributed by atoms with E-state index in [4.69, 9.17) is 5.26 Å². The molecule has 4 heteroatoms. The second-order valence-corrected chi connectivity index (χ2v) is 3.98. The smallest absolute Gasteiger partial charge is 0.0866 e. The Morgan fingerprint density at radius 2 is 2.10 bits per heavy atom. The zero-order valence-corrected chi connectivity index (χ0v) is 6.56. The van der Waals surface area contributed by atoms with Gasteiger partial charge < -0.3 is 0 Å². The van der Waals surface area contributed by atoms with Gasteiger partial charge in [0.15, 0.2) is 0 Å². The van der Waals surface area contributed by atoms with Crippen LogP contribution in [-0.2, 0) is 10.8 Å². The number of hydrogen-bond donors (Lipinski definition) is 0. The third kappa shape index (κ3) is 2.09. The van der Waals surface area contributed by atoms with Crippen LogP contribution in [0.3, 0.4) is 0 Å². The van der Waals surface area contributed by atoms with Gasteiger partial charge in [-0.25, -0.2) is 0 Å². The summed E-state index contributed by atoms with van der Waals surface area (Å²) < 4.78 is 10.8. The topological polar surface area (TPSA) is 44.1 Å². The van der Waals surface area contributed by atoms with Crippen molar-refractivity contribution in [3.8, 4) is 6.07 Å². The molecule has 1 fully saturated rings. The third-order valence-electron chi connectivity index (χ3n) is 1.56. The Balaban J connectivity index is 2.27. The molecule has 0 radical (unpaired) electrons. The van der Waals surface area contributed by atoms with Crippen LogP contribution >= 0.6 is 0 Å². The highest BCUT2D eigenvalue weighted by atomic mass is 32.2. The summed E-state index contributed by atoms with van der Waals surface area (Å²) in [5.41, 5.74) is 0. The SMILES string of the molecule is N#CCN1CCS(=O)CC1. The summed E-state index contributed by atoms with van der Waals surface area (Å²) in [6, 6.07) is 2.08. The molecule has 0 aliphatic carbocycles. The molecule has 0 saturated carbocycles. The highest BCUT2D eigenvalue weighted by Crippen LogP contribution is 1.97. The molecule has 1 heterocycles. The average Bonchev–Trinajstić information content (AvgIpc) is 1.95. The molecule has 3 nitrogen and oxygen atoms in total. The lowest BCUT2D eigenvalue weighted by molar-refractivity contribution is 0.335. The first kappa shape index (κ1) is 7.70. The van der Waals surface area contributed by atoms with Gasteiger partial charge >= 0.3 is 0 Å². The fraction of sp³-hybridized carbons (Fsp3) is 0.833. The number of nitriles is 1. The van der Waals surface area contributed by atoms with Crippen molar-refractivity contribution >= 4 is 10.8 Å². The predicted molar refractivity (Wildman–Crippen MR) is 39.9 cm³/mol. The predicted octanol–water partition coefficient (Wildman–Crippen LogP) is -0.426. The van der Waals surface area contributed by atoms with Crippen LogP contribution in [0.4, 0.5) is 0 Å². The summed E-state index contributed by atoms with van der Waals surface area (Å²) in [4.78, 5) is 2.03. The normalized spacial score (nSPS) is 22.3. The van der Waals surface area contributed by atoms with Gasteiger partial charge in [-0.2, -0.15) is 5.26 Å². The van der Waals surface area contributed by atoms with Crippen LogP contribution in [0.2, 0.25) is 0 Å². The van der Waals surface area contributed by atoms with Crippen molar-refractivity contribution in [3.63, 3.8) is 0 Å². The minimum atomic E-state index is -0.616. The van der Waals surface area contributed by atoms with E-state index in [0.29, 0.717) is 6.54 Å². The number of rotatable bonds is 1. The highest BCUT2D eigenvalue weighted by Gasteiger charge is 2.13. The molecule has 56 valence electrons. The summed E-state index contributed by atoms with van der Waals surface area (Å²) >= 11 is 0. The van der Waals surface area contributed by atoms with E-state index in [1.807, 2.05) is 4.90 Å². The quantitative estimate of drug-likeness (QED) is 0.487. The second-order valence-electron chi connectivity index (χ2n) is 2.28. The molecule has 0 aromatic rings. The largest absolute Gasteiger partial charge is 0.289 e. The molecule has 10 heavy (non-hydrogen) atoms. The minimum Gasteiger partial charge on any atom is -0.289 e. The van der Waals surface area contributed by atoms with E-state index in [1.165, 1.54) is 0 Å². The van der Waals surface area contributed by atoms with E-state index in [0.717, 1.165) is 24.6 Å². The monoisotopic (exact) mass is 158 g/mol. The molecule has 0 spiro atoms. The lowest BCUT2D eigenvalue weighted by atomic mass is 10.5. The van der Waals surface area contributed by atoms with Gasteiger partial charge in [0.2, 0.25) is 0 Å². The Labute approximate surface area is 63.1 Å². The van der Waals surface area contributed by atoms with Crippen LogP contribution in [0.5, 0.6) is 0 Å². The van der Waals surface area contributed by atoms with Gasteiger partial charge in [0.25, 0.3) is 0 Å². The van der Waals surface area contributed by atoms with Crippen molar-refractivity contribution in [2.45, 2.75) is 0 Å². The van der Waals surface area contributed by atoms with Gasteiger partial charge in [-0.3, -0.25) is 9.11 Å². The zero-order chi connectivity index (χ0) is 7.40. The van der Waals surface area contributed by atoms with Crippen LogP contribution in [0.15, 0.2) is 0 Å². The Bertz CT molecular complexity index is 165. The van der Waals surface area contributed by atoms with Crippen LogP contribution in [0.25, 0.3) is 0 Å². The molecule has 0 aromatic heterocycles. The second kappa shape index (κ2) is 3.69. The lowest BCUT2D eigenvalue weighted by Gasteiger charge is -2.22. The van der Waals surface area contributed by atoms with E-state index in [2.05, 4.69) is 6.07 Å². The van der Waals surface area contributed by atoms with Crippen LogP contribution in [-0.4, -0.2) is 40.2 Å². The van der Waals surface area contributed by atoms with Gasteiger partial charge in [-0.1, -0.05) is 0 Å². The molecule has 1 rings (SSSR count). The van der Waals surface area contributed by atoms with E-state index < -0.39 is 10.8 Å². The van der Waals surface area contributed by atoms with E-state index in [-0.39, 0.29) is 0 Å². The van der Waals surface area contributed by atoms with E-state index in [1.54, 1.807) is 0 Å². The Hall–Kier alpha value is -0.400. The minimum absolute atomic E-state index is 0.483. The maximum Gasteiger partial charge on any atom is 0.0866 e. The molecule has 0 aromatic carbocycles. The summed E-state index contributed by atoms with van der Waals surface area (Å²) in [5, 5.41) is 8.32. The van der Waals surface area contributed by atoms with Gasteiger partial charge in [0.05, 0.1) is 12.6 Å². The van der Waals surface area contributed by atoms with Gasteiger partial charge in [0, 0.05) is 35.4 Å². The first-order chi connectivity index (χ1) is 4.83. The summed E-state index contributed by atoms with van der Waals surface area (Å²) in [5.74, 6) is 1.48. The lowest BCUT2D eigenvalue weighted by Crippen LogP contribution is -2.37. The highest BCUT2D eigenvalue weighted by molar-refractivity contribution is 7.85. The summed E-state index contributed by atoms with van der Waals surface area (Å²) in [7, 11) is -0.616. The molecule has 0 atom stereocenters. The Morgan fingerprint density at radius 3 is 2.60 bits per heavy atom. The molecule has 0 unspecified atom stereocenters. The molecular formula is C6H10N2OS. The fourth-order valence-electron chi connectivity index (χ4n) is 0.934. The van der Waals surface area contributed by atoms with E-state index in [9.17, 15) is 4.21 Å². The fourth-order valence-corrected chi connectivity index (χ4v) is 2.06. The standard InChI is InChI=1S/C6H10N2OS/c7-1-2-8-3-5-10(9)6-4-8/h2-6H2. The molecule has 0 bridgehead atoms. The zero-order valence-electron chi connectivity index (χ0n) is 5.75. The average molecular weight is 158 g/mol. The van der Waals surface area contributed by atoms with Crippen molar-refractivity contribution < 1.29 is 4.21 Å². The van der Waals surface area contributed by atoms with Crippen molar-refractivity contribution in [2.75, 3.05) is 31.1 Å². The van der Waals surface area contributed by atoms with Crippen molar-refractivity contribution in [1.29, 1.82) is 5.26 Å². The molecular weight excluding hydrogens is 148 g/mol. The third-order valence-corrected chi connectivity index (χ3v) is 2.84. The maximum atomic E-state index is 10.8. The summed E-state index contributed by atoms with van der Waals surface area (Å²) in [6.07, 6.45) is 0. The molecule has 0 N–H and O–H groups in total. The van der Waals surface area contributed by atoms with Crippen LogP contribution in [0.1, 0.15) is 0 Å².